The molecule has 2 rings (SSSR count). The highest BCUT2D eigenvalue weighted by Crippen LogP contribution is 2.27. The summed E-state index contributed by atoms with van der Waals surface area (Å²) in [6, 6.07) is 5.89. The third-order valence-corrected chi connectivity index (χ3v) is 3.57. The van der Waals surface area contributed by atoms with Crippen molar-refractivity contribution in [3.8, 4) is 0 Å². The van der Waals surface area contributed by atoms with Gasteiger partial charge in [-0.15, -0.1) is 0 Å². The molecule has 0 bridgehead atoms. The third-order valence-electron chi connectivity index (χ3n) is 3.57. The van der Waals surface area contributed by atoms with Crippen molar-refractivity contribution in [2.75, 3.05) is 6.61 Å². The lowest BCUT2D eigenvalue weighted by Crippen LogP contribution is -2.48. The topological polar surface area (TPSA) is 49.8 Å². The highest BCUT2D eigenvalue weighted by atomic mass is 16.6. The van der Waals surface area contributed by atoms with Crippen LogP contribution in [-0.2, 0) is 17.7 Å². The van der Waals surface area contributed by atoms with E-state index in [1.807, 2.05) is 32.9 Å². The first-order chi connectivity index (χ1) is 9.31. The molecule has 1 aliphatic heterocycles. The van der Waals surface area contributed by atoms with E-state index in [9.17, 15) is 9.90 Å². The maximum Gasteiger partial charge on any atom is 0.410 e. The lowest BCUT2D eigenvalue weighted by atomic mass is 9.91. The molecule has 4 heteroatoms. The van der Waals surface area contributed by atoms with Crippen molar-refractivity contribution >= 4 is 6.09 Å². The Kier molecular flexibility index (Phi) is 4.04. The molecule has 1 aromatic rings. The summed E-state index contributed by atoms with van der Waals surface area (Å²) >= 11 is 0. The molecule has 1 aromatic carbocycles. The molecule has 0 unspecified atom stereocenters. The molecular weight excluding hydrogens is 254 g/mol. The fourth-order valence-electron chi connectivity index (χ4n) is 2.56. The van der Waals surface area contributed by atoms with Crippen LogP contribution in [0.2, 0.25) is 0 Å². The van der Waals surface area contributed by atoms with E-state index in [0.717, 1.165) is 5.56 Å². The molecule has 1 aliphatic rings. The molecule has 0 fully saturated rings. The van der Waals surface area contributed by atoms with Gasteiger partial charge in [0, 0.05) is 6.54 Å². The summed E-state index contributed by atoms with van der Waals surface area (Å²) < 4.78 is 5.43. The summed E-state index contributed by atoms with van der Waals surface area (Å²) in [7, 11) is 0. The minimum atomic E-state index is -0.524. The summed E-state index contributed by atoms with van der Waals surface area (Å²) in [5.74, 6) is 0. The van der Waals surface area contributed by atoms with E-state index < -0.39 is 5.60 Å². The predicted molar refractivity (Wildman–Crippen MR) is 77.5 cm³/mol. The fourth-order valence-corrected chi connectivity index (χ4v) is 2.56. The molecule has 4 nitrogen and oxygen atoms in total. The van der Waals surface area contributed by atoms with Crippen LogP contribution in [0.4, 0.5) is 4.79 Å². The smallest absolute Gasteiger partial charge is 0.410 e. The van der Waals surface area contributed by atoms with Gasteiger partial charge < -0.3 is 9.84 Å². The van der Waals surface area contributed by atoms with Gasteiger partial charge in [0.2, 0.25) is 0 Å². The average Bonchev–Trinajstić information content (AvgIpc) is 2.36. The van der Waals surface area contributed by atoms with Crippen molar-refractivity contribution in [1.82, 2.24) is 4.90 Å². The number of hydrogen-bond acceptors (Lipinski definition) is 3. The third kappa shape index (κ3) is 3.12. The van der Waals surface area contributed by atoms with Gasteiger partial charge >= 0.3 is 6.09 Å². The van der Waals surface area contributed by atoms with Gasteiger partial charge in [-0.3, -0.25) is 4.90 Å². The fraction of sp³-hybridized carbons (Fsp3) is 0.562. The first-order valence-electron chi connectivity index (χ1n) is 6.99. The molecule has 0 aromatic heterocycles. The molecular formula is C16H23NO3. The van der Waals surface area contributed by atoms with Crippen LogP contribution in [0.1, 0.15) is 37.5 Å². The quantitative estimate of drug-likeness (QED) is 0.858. The standard InChI is InChI=1S/C16H23NO3/c1-11-6-5-7-12-9-17(13(10-18)8-14(11)12)15(19)20-16(2,3)4/h5-7,13,18H,8-10H2,1-4H3/t13-/m1/s1. The van der Waals surface area contributed by atoms with Gasteiger partial charge in [-0.25, -0.2) is 4.79 Å². The van der Waals surface area contributed by atoms with Gasteiger partial charge in [-0.2, -0.15) is 0 Å². The Morgan fingerprint density at radius 2 is 2.15 bits per heavy atom. The maximum atomic E-state index is 12.3. The predicted octanol–water partition coefficient (Wildman–Crippen LogP) is 2.65. The van der Waals surface area contributed by atoms with Crippen molar-refractivity contribution in [2.24, 2.45) is 0 Å². The Morgan fingerprint density at radius 1 is 1.45 bits per heavy atom. The molecule has 0 spiro atoms. The normalized spacial score (nSPS) is 18.6. The highest BCUT2D eigenvalue weighted by molar-refractivity contribution is 5.69. The molecule has 0 aliphatic carbocycles. The number of ether oxygens (including phenoxy) is 1. The first kappa shape index (κ1) is 14.9. The first-order valence-corrected chi connectivity index (χ1v) is 6.99. The zero-order valence-electron chi connectivity index (χ0n) is 12.6. The number of aliphatic hydroxyl groups is 1. The van der Waals surface area contributed by atoms with Crippen molar-refractivity contribution < 1.29 is 14.6 Å². The second-order valence-corrected chi connectivity index (χ2v) is 6.36. The minimum Gasteiger partial charge on any atom is -0.444 e. The van der Waals surface area contributed by atoms with E-state index in [0.29, 0.717) is 13.0 Å². The molecule has 20 heavy (non-hydrogen) atoms. The number of benzene rings is 1. The van der Waals surface area contributed by atoms with Crippen LogP contribution in [-0.4, -0.2) is 34.3 Å². The zero-order chi connectivity index (χ0) is 14.9. The minimum absolute atomic E-state index is 0.0486. The number of amides is 1. The van der Waals surface area contributed by atoms with Crippen LogP contribution >= 0.6 is 0 Å². The average molecular weight is 277 g/mol. The Hall–Kier alpha value is -1.55. The van der Waals surface area contributed by atoms with Gasteiger partial charge in [0.15, 0.2) is 0 Å². The van der Waals surface area contributed by atoms with Crippen molar-refractivity contribution in [3.63, 3.8) is 0 Å². The van der Waals surface area contributed by atoms with Crippen LogP contribution in [0.5, 0.6) is 0 Å². The van der Waals surface area contributed by atoms with Crippen molar-refractivity contribution in [3.05, 3.63) is 34.9 Å². The Labute approximate surface area is 120 Å². The van der Waals surface area contributed by atoms with E-state index in [1.165, 1.54) is 11.1 Å². The lowest BCUT2D eigenvalue weighted by Gasteiger charge is -2.37. The van der Waals surface area contributed by atoms with Crippen LogP contribution in [0.15, 0.2) is 18.2 Å². The summed E-state index contributed by atoms with van der Waals surface area (Å²) in [6.45, 7) is 8.06. The van der Waals surface area contributed by atoms with E-state index in [2.05, 4.69) is 13.0 Å². The van der Waals surface area contributed by atoms with Crippen LogP contribution in [0.25, 0.3) is 0 Å². The molecule has 0 radical (unpaired) electrons. The number of fused-ring (bicyclic) bond motifs is 1. The Balaban J connectivity index is 2.25. The number of hydrogen-bond donors (Lipinski definition) is 1. The van der Waals surface area contributed by atoms with Crippen molar-refractivity contribution in [1.29, 1.82) is 0 Å². The number of rotatable bonds is 1. The SMILES string of the molecule is Cc1cccc2c1C[C@H](CO)N(C(=O)OC(C)(C)C)C2. The van der Waals surface area contributed by atoms with Gasteiger partial charge in [0.1, 0.15) is 5.60 Å². The Bertz CT molecular complexity index is 505. The number of carbonyl (C=O) groups is 1. The number of nitrogens with zero attached hydrogens (tertiary/aromatic N) is 1. The summed E-state index contributed by atoms with van der Waals surface area (Å²) in [4.78, 5) is 13.9. The zero-order valence-corrected chi connectivity index (χ0v) is 12.6. The second-order valence-electron chi connectivity index (χ2n) is 6.36. The van der Waals surface area contributed by atoms with Crippen LogP contribution in [0.3, 0.4) is 0 Å². The lowest BCUT2D eigenvalue weighted by molar-refractivity contribution is 0.00457. The monoisotopic (exact) mass is 277 g/mol. The molecule has 110 valence electrons. The highest BCUT2D eigenvalue weighted by Gasteiger charge is 2.32. The summed E-state index contributed by atoms with van der Waals surface area (Å²) in [5, 5.41) is 9.58. The van der Waals surface area contributed by atoms with Crippen LogP contribution < -0.4 is 0 Å². The van der Waals surface area contributed by atoms with Gasteiger partial charge in [-0.1, -0.05) is 18.2 Å². The number of aliphatic hydroxyl groups excluding tert-OH is 1. The van der Waals surface area contributed by atoms with E-state index in [4.69, 9.17) is 4.74 Å². The van der Waals surface area contributed by atoms with Gasteiger partial charge in [0.25, 0.3) is 0 Å². The maximum absolute atomic E-state index is 12.3. The van der Waals surface area contributed by atoms with Gasteiger partial charge in [-0.05, 0) is 50.8 Å². The largest absolute Gasteiger partial charge is 0.444 e. The summed E-state index contributed by atoms with van der Waals surface area (Å²) in [6.07, 6.45) is 0.321. The van der Waals surface area contributed by atoms with Crippen LogP contribution in [0, 0.1) is 6.92 Å². The second kappa shape index (κ2) is 5.44. The van der Waals surface area contributed by atoms with E-state index in [1.54, 1.807) is 4.90 Å². The number of aryl methyl sites for hydroxylation is 1. The van der Waals surface area contributed by atoms with Gasteiger partial charge in [0.05, 0.1) is 12.6 Å². The number of carbonyl (C=O) groups excluding carboxylic acids is 1. The summed E-state index contributed by atoms with van der Waals surface area (Å²) in [5.41, 5.74) is 3.07. The van der Waals surface area contributed by atoms with Crippen molar-refractivity contribution in [2.45, 2.75) is 52.3 Å². The van der Waals surface area contributed by atoms with E-state index in [-0.39, 0.29) is 18.7 Å². The molecule has 0 saturated carbocycles. The Morgan fingerprint density at radius 3 is 2.75 bits per heavy atom. The molecule has 1 N–H and O–H groups in total. The molecule has 1 heterocycles. The molecule has 1 atom stereocenters. The van der Waals surface area contributed by atoms with E-state index >= 15 is 0 Å². The molecule has 0 saturated heterocycles. The molecule has 1 amide bonds.